The number of ether oxygens (including phenoxy) is 1. The van der Waals surface area contributed by atoms with Gasteiger partial charge in [-0.1, -0.05) is 53.7 Å². The SMILES string of the molecule is COc1ccccc1C(CNC(=O)C1=NOC(c2ccccc2)C1)N(C)C. The minimum atomic E-state index is -0.203. The lowest BCUT2D eigenvalue weighted by Gasteiger charge is -2.26. The second-order valence-electron chi connectivity index (χ2n) is 6.68. The Kier molecular flexibility index (Phi) is 6.08. The Balaban J connectivity index is 1.62. The molecule has 3 rings (SSSR count). The predicted molar refractivity (Wildman–Crippen MR) is 105 cm³/mol. The van der Waals surface area contributed by atoms with Crippen molar-refractivity contribution in [3.8, 4) is 5.75 Å². The maximum absolute atomic E-state index is 12.6. The monoisotopic (exact) mass is 367 g/mol. The molecule has 2 atom stereocenters. The molecule has 2 unspecified atom stereocenters. The molecule has 6 heteroatoms. The summed E-state index contributed by atoms with van der Waals surface area (Å²) in [4.78, 5) is 20.1. The number of para-hydroxylation sites is 1. The minimum absolute atomic E-state index is 0.0158. The Labute approximate surface area is 159 Å². The van der Waals surface area contributed by atoms with Crippen molar-refractivity contribution < 1.29 is 14.4 Å². The summed E-state index contributed by atoms with van der Waals surface area (Å²) in [7, 11) is 5.61. The maximum Gasteiger partial charge on any atom is 0.269 e. The lowest BCUT2D eigenvalue weighted by atomic mass is 10.0. The zero-order valence-corrected chi connectivity index (χ0v) is 15.9. The minimum Gasteiger partial charge on any atom is -0.496 e. The van der Waals surface area contributed by atoms with Crippen LogP contribution in [0.1, 0.15) is 29.7 Å². The molecular formula is C21H25N3O3. The zero-order valence-electron chi connectivity index (χ0n) is 15.9. The van der Waals surface area contributed by atoms with Gasteiger partial charge in [-0.25, -0.2) is 0 Å². The summed E-state index contributed by atoms with van der Waals surface area (Å²) in [6, 6.07) is 17.6. The first-order chi connectivity index (χ1) is 13.1. The summed E-state index contributed by atoms with van der Waals surface area (Å²) in [5.74, 6) is 0.603. The highest BCUT2D eigenvalue weighted by atomic mass is 16.6. The van der Waals surface area contributed by atoms with Gasteiger partial charge in [0.2, 0.25) is 0 Å². The third-order valence-electron chi connectivity index (χ3n) is 4.68. The number of nitrogens with zero attached hydrogens (tertiary/aromatic N) is 2. The smallest absolute Gasteiger partial charge is 0.269 e. The van der Waals surface area contributed by atoms with Gasteiger partial charge < -0.3 is 19.8 Å². The van der Waals surface area contributed by atoms with Gasteiger partial charge in [-0.15, -0.1) is 0 Å². The van der Waals surface area contributed by atoms with Crippen LogP contribution in [-0.2, 0) is 9.63 Å². The van der Waals surface area contributed by atoms with Crippen LogP contribution in [0, 0.1) is 0 Å². The fourth-order valence-corrected chi connectivity index (χ4v) is 3.16. The first kappa shape index (κ1) is 18.9. The molecule has 6 nitrogen and oxygen atoms in total. The fraction of sp³-hybridized carbons (Fsp3) is 0.333. The molecule has 1 heterocycles. The summed E-state index contributed by atoms with van der Waals surface area (Å²) in [5.41, 5.74) is 2.46. The summed E-state index contributed by atoms with van der Waals surface area (Å²) < 4.78 is 5.46. The average Bonchev–Trinajstić information content (AvgIpc) is 3.19. The van der Waals surface area contributed by atoms with Crippen LogP contribution in [0.3, 0.4) is 0 Å². The number of amides is 1. The lowest BCUT2D eigenvalue weighted by Crippen LogP contribution is -2.37. The number of methoxy groups -OCH3 is 1. The van der Waals surface area contributed by atoms with Gasteiger partial charge in [0.15, 0.2) is 6.10 Å². The van der Waals surface area contributed by atoms with Crippen molar-refractivity contribution in [1.29, 1.82) is 0 Å². The van der Waals surface area contributed by atoms with E-state index in [1.165, 1.54) is 0 Å². The van der Waals surface area contributed by atoms with Crippen LogP contribution < -0.4 is 10.1 Å². The van der Waals surface area contributed by atoms with Crippen LogP contribution in [0.25, 0.3) is 0 Å². The third kappa shape index (κ3) is 4.46. The van der Waals surface area contributed by atoms with E-state index in [9.17, 15) is 4.79 Å². The quantitative estimate of drug-likeness (QED) is 0.817. The number of rotatable bonds is 7. The van der Waals surface area contributed by atoms with Crippen LogP contribution >= 0.6 is 0 Å². The summed E-state index contributed by atoms with van der Waals surface area (Å²) >= 11 is 0. The van der Waals surface area contributed by atoms with Gasteiger partial charge in [0.1, 0.15) is 11.5 Å². The topological polar surface area (TPSA) is 63.2 Å². The second kappa shape index (κ2) is 8.68. The molecule has 1 amide bonds. The van der Waals surface area contributed by atoms with E-state index in [1.807, 2.05) is 68.7 Å². The molecule has 142 valence electrons. The maximum atomic E-state index is 12.6. The summed E-state index contributed by atoms with van der Waals surface area (Å²) in [6.45, 7) is 0.446. The van der Waals surface area contributed by atoms with E-state index in [0.717, 1.165) is 16.9 Å². The fourth-order valence-electron chi connectivity index (χ4n) is 3.16. The number of carbonyl (C=O) groups is 1. The Morgan fingerprint density at radius 1 is 1.22 bits per heavy atom. The van der Waals surface area contributed by atoms with Gasteiger partial charge in [-0.05, 0) is 25.7 Å². The highest BCUT2D eigenvalue weighted by Gasteiger charge is 2.28. The normalized spacial score (nSPS) is 17.2. The molecule has 0 fully saturated rings. The van der Waals surface area contributed by atoms with Crippen LogP contribution in [0.15, 0.2) is 59.8 Å². The summed E-state index contributed by atoms with van der Waals surface area (Å²) in [6.07, 6.45) is 0.266. The molecule has 0 aromatic heterocycles. The second-order valence-corrected chi connectivity index (χ2v) is 6.68. The van der Waals surface area contributed by atoms with E-state index in [2.05, 4.69) is 15.4 Å². The highest BCUT2D eigenvalue weighted by molar-refractivity contribution is 6.39. The van der Waals surface area contributed by atoms with Crippen molar-refractivity contribution in [2.45, 2.75) is 18.6 Å². The standard InChI is InChI=1S/C21H25N3O3/c1-24(2)18(16-11-7-8-12-19(16)26-3)14-22-21(25)17-13-20(27-23-17)15-9-5-4-6-10-15/h4-12,18,20H,13-14H2,1-3H3,(H,22,25). The molecule has 2 aromatic rings. The molecule has 0 spiro atoms. The first-order valence-corrected chi connectivity index (χ1v) is 8.95. The molecule has 1 aliphatic rings. The molecular weight excluding hydrogens is 342 g/mol. The summed E-state index contributed by atoms with van der Waals surface area (Å²) in [5, 5.41) is 6.97. The molecule has 1 N–H and O–H groups in total. The first-order valence-electron chi connectivity index (χ1n) is 8.95. The Bertz CT molecular complexity index is 805. The molecule has 0 saturated carbocycles. The number of carbonyl (C=O) groups excluding carboxylic acids is 1. The number of hydrogen-bond donors (Lipinski definition) is 1. The molecule has 0 radical (unpaired) electrons. The van der Waals surface area contributed by atoms with E-state index in [-0.39, 0.29) is 18.1 Å². The zero-order chi connectivity index (χ0) is 19.2. The van der Waals surface area contributed by atoms with Crippen molar-refractivity contribution in [3.05, 3.63) is 65.7 Å². The number of oxime groups is 1. The molecule has 0 bridgehead atoms. The largest absolute Gasteiger partial charge is 0.496 e. The predicted octanol–water partition coefficient (Wildman–Crippen LogP) is 2.93. The van der Waals surface area contributed by atoms with Gasteiger partial charge in [0, 0.05) is 18.5 Å². The van der Waals surface area contributed by atoms with Crippen molar-refractivity contribution in [3.63, 3.8) is 0 Å². The highest BCUT2D eigenvalue weighted by Crippen LogP contribution is 2.28. The van der Waals surface area contributed by atoms with Crippen molar-refractivity contribution in [2.75, 3.05) is 27.7 Å². The van der Waals surface area contributed by atoms with Crippen molar-refractivity contribution in [1.82, 2.24) is 10.2 Å². The van der Waals surface area contributed by atoms with E-state index < -0.39 is 0 Å². The average molecular weight is 367 g/mol. The molecule has 0 saturated heterocycles. The van der Waals surface area contributed by atoms with Gasteiger partial charge in [-0.3, -0.25) is 4.79 Å². The molecule has 2 aromatic carbocycles. The Hall–Kier alpha value is -2.86. The van der Waals surface area contributed by atoms with Gasteiger partial charge in [0.25, 0.3) is 5.91 Å². The van der Waals surface area contributed by atoms with Crippen molar-refractivity contribution in [2.24, 2.45) is 5.16 Å². The van der Waals surface area contributed by atoms with E-state index in [4.69, 9.17) is 9.57 Å². The van der Waals surface area contributed by atoms with Gasteiger partial charge in [0.05, 0.1) is 13.2 Å². The third-order valence-corrected chi connectivity index (χ3v) is 4.68. The molecule has 0 aliphatic carbocycles. The van der Waals surface area contributed by atoms with Crippen LogP contribution in [-0.4, -0.2) is 44.3 Å². The lowest BCUT2D eigenvalue weighted by molar-refractivity contribution is -0.115. The van der Waals surface area contributed by atoms with E-state index in [1.54, 1.807) is 7.11 Å². The number of hydrogen-bond acceptors (Lipinski definition) is 5. The number of nitrogens with one attached hydrogen (secondary N) is 1. The van der Waals surface area contributed by atoms with Crippen LogP contribution in [0.4, 0.5) is 0 Å². The van der Waals surface area contributed by atoms with Crippen molar-refractivity contribution >= 4 is 11.6 Å². The number of likely N-dealkylation sites (N-methyl/N-ethyl adjacent to an activating group) is 1. The van der Waals surface area contributed by atoms with Gasteiger partial charge >= 0.3 is 0 Å². The Morgan fingerprint density at radius 3 is 2.63 bits per heavy atom. The van der Waals surface area contributed by atoms with E-state index in [0.29, 0.717) is 18.7 Å². The van der Waals surface area contributed by atoms with Crippen LogP contribution in [0.2, 0.25) is 0 Å². The van der Waals surface area contributed by atoms with E-state index >= 15 is 0 Å². The number of benzene rings is 2. The Morgan fingerprint density at radius 2 is 1.93 bits per heavy atom. The molecule has 1 aliphatic heterocycles. The molecule has 27 heavy (non-hydrogen) atoms. The van der Waals surface area contributed by atoms with Crippen LogP contribution in [0.5, 0.6) is 5.75 Å². The van der Waals surface area contributed by atoms with Gasteiger partial charge in [-0.2, -0.15) is 0 Å².